The predicted octanol–water partition coefficient (Wildman–Crippen LogP) is 2.20. The number of carbonyl (C=O) groups excluding carboxylic acids is 1. The molecule has 0 radical (unpaired) electrons. The van der Waals surface area contributed by atoms with Crippen LogP contribution in [0.2, 0.25) is 0 Å². The molecule has 0 bridgehead atoms. The molecule has 1 aromatic rings. The van der Waals surface area contributed by atoms with Crippen molar-refractivity contribution in [3.63, 3.8) is 0 Å². The highest BCUT2D eigenvalue weighted by molar-refractivity contribution is 5.96. The van der Waals surface area contributed by atoms with Crippen LogP contribution < -0.4 is 10.6 Å². The van der Waals surface area contributed by atoms with Gasteiger partial charge in [0.25, 0.3) is 0 Å². The monoisotopic (exact) mass is 246 g/mol. The van der Waals surface area contributed by atoms with Crippen LogP contribution in [0, 0.1) is 11.8 Å². The van der Waals surface area contributed by atoms with Crippen LogP contribution in [0.25, 0.3) is 0 Å². The van der Waals surface area contributed by atoms with Gasteiger partial charge in [-0.2, -0.15) is 0 Å². The van der Waals surface area contributed by atoms with Crippen molar-refractivity contribution in [2.45, 2.75) is 33.2 Å². The fourth-order valence-electron chi connectivity index (χ4n) is 2.37. The summed E-state index contributed by atoms with van der Waals surface area (Å²) in [5, 5.41) is 0. The third kappa shape index (κ3) is 2.41. The highest BCUT2D eigenvalue weighted by Gasteiger charge is 2.30. The molecule has 2 N–H and O–H groups in total. The van der Waals surface area contributed by atoms with Crippen molar-refractivity contribution < 1.29 is 4.79 Å². The summed E-state index contributed by atoms with van der Waals surface area (Å²) in [4.78, 5) is 14.4. The largest absolute Gasteiger partial charge is 0.326 e. The molecule has 0 saturated carbocycles. The molecule has 2 rings (SSSR count). The second-order valence-corrected chi connectivity index (χ2v) is 5.57. The smallest absolute Gasteiger partial charge is 0.230 e. The van der Waals surface area contributed by atoms with Gasteiger partial charge in [0.2, 0.25) is 5.91 Å². The average Bonchev–Trinajstić information content (AvgIpc) is 2.35. The van der Waals surface area contributed by atoms with Crippen LogP contribution in [-0.2, 0) is 11.2 Å². The van der Waals surface area contributed by atoms with Crippen LogP contribution >= 0.6 is 0 Å². The first-order valence-corrected chi connectivity index (χ1v) is 6.65. The Kier molecular flexibility index (Phi) is 3.71. The Labute approximate surface area is 109 Å². The second kappa shape index (κ2) is 5.11. The number of carbonyl (C=O) groups is 1. The minimum absolute atomic E-state index is 0.0309. The van der Waals surface area contributed by atoms with E-state index in [9.17, 15) is 4.79 Å². The summed E-state index contributed by atoms with van der Waals surface area (Å²) in [7, 11) is 0. The molecule has 1 heterocycles. The van der Waals surface area contributed by atoms with Gasteiger partial charge < -0.3 is 10.6 Å². The molecule has 3 heteroatoms. The molecule has 98 valence electrons. The SMILES string of the molecule is CC(C)C(C)C(=O)N1CC(N)Cc2ccccc21. The molecule has 0 saturated heterocycles. The number of nitrogens with zero attached hydrogens (tertiary/aromatic N) is 1. The number of amides is 1. The molecule has 1 aromatic carbocycles. The van der Waals surface area contributed by atoms with Gasteiger partial charge in [0, 0.05) is 24.2 Å². The van der Waals surface area contributed by atoms with E-state index in [0.717, 1.165) is 12.1 Å². The lowest BCUT2D eigenvalue weighted by atomic mass is 9.93. The summed E-state index contributed by atoms with van der Waals surface area (Å²) in [6, 6.07) is 8.12. The Morgan fingerprint density at radius 2 is 2.00 bits per heavy atom. The van der Waals surface area contributed by atoms with E-state index >= 15 is 0 Å². The first-order chi connectivity index (χ1) is 8.50. The molecule has 1 aliphatic rings. The number of hydrogen-bond acceptors (Lipinski definition) is 2. The minimum Gasteiger partial charge on any atom is -0.326 e. The summed E-state index contributed by atoms with van der Waals surface area (Å²) in [6.07, 6.45) is 0.857. The molecule has 0 fully saturated rings. The second-order valence-electron chi connectivity index (χ2n) is 5.57. The number of benzene rings is 1. The first kappa shape index (κ1) is 13.1. The van der Waals surface area contributed by atoms with Gasteiger partial charge in [-0.3, -0.25) is 4.79 Å². The molecule has 0 spiro atoms. The lowest BCUT2D eigenvalue weighted by Gasteiger charge is -2.35. The standard InChI is InChI=1S/C15H22N2O/c1-10(2)11(3)15(18)17-9-13(16)8-12-6-4-5-7-14(12)17/h4-7,10-11,13H,8-9,16H2,1-3H3. The van der Waals surface area contributed by atoms with Gasteiger partial charge >= 0.3 is 0 Å². The fourth-order valence-corrected chi connectivity index (χ4v) is 2.37. The van der Waals surface area contributed by atoms with Gasteiger partial charge in [-0.15, -0.1) is 0 Å². The number of nitrogens with two attached hydrogens (primary N) is 1. The van der Waals surface area contributed by atoms with Crippen molar-refractivity contribution in [1.82, 2.24) is 0 Å². The fraction of sp³-hybridized carbons (Fsp3) is 0.533. The molecular weight excluding hydrogens is 224 g/mol. The topological polar surface area (TPSA) is 46.3 Å². The average molecular weight is 246 g/mol. The van der Waals surface area contributed by atoms with Crippen LogP contribution in [0.1, 0.15) is 26.3 Å². The Balaban J connectivity index is 2.31. The van der Waals surface area contributed by atoms with E-state index in [1.807, 2.05) is 30.0 Å². The zero-order valence-electron chi connectivity index (χ0n) is 11.4. The normalized spacial score (nSPS) is 20.7. The molecule has 1 amide bonds. The molecule has 18 heavy (non-hydrogen) atoms. The quantitative estimate of drug-likeness (QED) is 0.869. The van der Waals surface area contributed by atoms with Gasteiger partial charge in [0.1, 0.15) is 0 Å². The van der Waals surface area contributed by atoms with Gasteiger partial charge in [0.15, 0.2) is 0 Å². The Morgan fingerprint density at radius 1 is 1.33 bits per heavy atom. The molecule has 1 aliphatic heterocycles. The van der Waals surface area contributed by atoms with E-state index < -0.39 is 0 Å². The Morgan fingerprint density at radius 3 is 2.67 bits per heavy atom. The van der Waals surface area contributed by atoms with Crippen LogP contribution in [0.3, 0.4) is 0 Å². The van der Waals surface area contributed by atoms with Gasteiger partial charge in [-0.25, -0.2) is 0 Å². The summed E-state index contributed by atoms with van der Waals surface area (Å²) >= 11 is 0. The van der Waals surface area contributed by atoms with E-state index in [2.05, 4.69) is 19.9 Å². The highest BCUT2D eigenvalue weighted by Crippen LogP contribution is 2.28. The van der Waals surface area contributed by atoms with Gasteiger partial charge in [-0.05, 0) is 24.0 Å². The van der Waals surface area contributed by atoms with E-state index in [0.29, 0.717) is 12.5 Å². The third-order valence-electron chi connectivity index (χ3n) is 3.84. The molecule has 3 nitrogen and oxygen atoms in total. The zero-order chi connectivity index (χ0) is 13.3. The van der Waals surface area contributed by atoms with Crippen molar-refractivity contribution in [3.05, 3.63) is 29.8 Å². The van der Waals surface area contributed by atoms with E-state index in [1.54, 1.807) is 0 Å². The maximum Gasteiger partial charge on any atom is 0.230 e. The Bertz CT molecular complexity index is 442. The lowest BCUT2D eigenvalue weighted by molar-refractivity contribution is -0.123. The maximum atomic E-state index is 12.5. The van der Waals surface area contributed by atoms with Crippen molar-refractivity contribution in [1.29, 1.82) is 0 Å². The van der Waals surface area contributed by atoms with Crippen LogP contribution in [0.15, 0.2) is 24.3 Å². The van der Waals surface area contributed by atoms with Crippen LogP contribution in [0.5, 0.6) is 0 Å². The lowest BCUT2D eigenvalue weighted by Crippen LogP contribution is -2.48. The number of para-hydroxylation sites is 1. The predicted molar refractivity (Wildman–Crippen MR) is 74.5 cm³/mol. The maximum absolute atomic E-state index is 12.5. The highest BCUT2D eigenvalue weighted by atomic mass is 16.2. The van der Waals surface area contributed by atoms with E-state index in [4.69, 9.17) is 5.73 Å². The molecule has 2 atom stereocenters. The van der Waals surface area contributed by atoms with Gasteiger partial charge in [-0.1, -0.05) is 39.0 Å². The Hall–Kier alpha value is -1.35. The summed E-state index contributed by atoms with van der Waals surface area (Å²) in [5.74, 6) is 0.568. The molecular formula is C15H22N2O. The number of rotatable bonds is 2. The summed E-state index contributed by atoms with van der Waals surface area (Å²) in [6.45, 7) is 6.79. The van der Waals surface area contributed by atoms with Crippen molar-refractivity contribution >= 4 is 11.6 Å². The molecule has 2 unspecified atom stereocenters. The van der Waals surface area contributed by atoms with Crippen LogP contribution in [0.4, 0.5) is 5.69 Å². The van der Waals surface area contributed by atoms with Crippen molar-refractivity contribution in [2.24, 2.45) is 17.6 Å². The number of fused-ring (bicyclic) bond motifs is 1. The summed E-state index contributed by atoms with van der Waals surface area (Å²) in [5.41, 5.74) is 8.28. The van der Waals surface area contributed by atoms with Crippen LogP contribution in [-0.4, -0.2) is 18.5 Å². The van der Waals surface area contributed by atoms with Crippen molar-refractivity contribution in [3.8, 4) is 0 Å². The molecule has 0 aliphatic carbocycles. The number of hydrogen-bond donors (Lipinski definition) is 1. The number of anilines is 1. The van der Waals surface area contributed by atoms with E-state index in [-0.39, 0.29) is 17.9 Å². The summed E-state index contributed by atoms with van der Waals surface area (Å²) < 4.78 is 0. The zero-order valence-corrected chi connectivity index (χ0v) is 11.4. The minimum atomic E-state index is 0.0309. The first-order valence-electron chi connectivity index (χ1n) is 6.65. The van der Waals surface area contributed by atoms with Gasteiger partial charge in [0.05, 0.1) is 0 Å². The molecule has 0 aromatic heterocycles. The van der Waals surface area contributed by atoms with Crippen molar-refractivity contribution in [2.75, 3.05) is 11.4 Å². The van der Waals surface area contributed by atoms with E-state index in [1.165, 1.54) is 5.56 Å². The third-order valence-corrected chi connectivity index (χ3v) is 3.84.